The van der Waals surface area contributed by atoms with Crippen molar-refractivity contribution >= 4 is 51.9 Å². The number of carbonyl (C=O) groups is 2. The van der Waals surface area contributed by atoms with Crippen LogP contribution in [0, 0.1) is 6.92 Å². The number of amides is 1. The molecule has 0 atom stereocenters. The van der Waals surface area contributed by atoms with Gasteiger partial charge in [0.2, 0.25) is 0 Å². The zero-order chi connectivity index (χ0) is 20.4. The largest absolute Gasteiger partial charge is 0.870 e. The highest BCUT2D eigenvalue weighted by Crippen LogP contribution is 2.38. The van der Waals surface area contributed by atoms with Crippen molar-refractivity contribution in [1.82, 2.24) is 0 Å². The Bertz CT molecular complexity index is 1020. The Morgan fingerprint density at radius 3 is 2.75 bits per heavy atom. The lowest BCUT2D eigenvalue weighted by molar-refractivity contribution is -0.270. The molecular formula is C20H16NO5S2-. The summed E-state index contributed by atoms with van der Waals surface area (Å²) in [6, 6.07) is 9.13. The summed E-state index contributed by atoms with van der Waals surface area (Å²) in [5.41, 5.74) is 1.89. The number of rotatable bonds is 5. The number of anilines is 1. The number of ether oxygens (including phenoxy) is 1. The van der Waals surface area contributed by atoms with Crippen LogP contribution in [0.4, 0.5) is 5.69 Å². The second-order valence-corrected chi connectivity index (χ2v) is 7.64. The third-order valence-electron chi connectivity index (χ3n) is 4.06. The first-order valence-electron chi connectivity index (χ1n) is 8.37. The molecule has 144 valence electrons. The van der Waals surface area contributed by atoms with Crippen molar-refractivity contribution < 1.29 is 24.5 Å². The molecule has 3 rings (SSSR count). The topological polar surface area (TPSA) is 89.9 Å². The molecule has 2 aromatic rings. The Balaban J connectivity index is 1.97. The van der Waals surface area contributed by atoms with Crippen molar-refractivity contribution in [1.29, 1.82) is 0 Å². The second-order valence-electron chi connectivity index (χ2n) is 5.96. The summed E-state index contributed by atoms with van der Waals surface area (Å²) in [4.78, 5) is 25.9. The van der Waals surface area contributed by atoms with Crippen LogP contribution in [0.5, 0.6) is 11.5 Å². The standard InChI is InChI=1S/C20H17NO5S2/c1-3-26-16-8-12(5-7-15(16)22)9-17-18(23)21(20(27)28-17)14-10-13(19(24)25)6-4-11(14)2/h4-10,22H,3H2,1-2H3,(H,24,25)/p-1/b17-9-. The molecule has 1 amide bonds. The van der Waals surface area contributed by atoms with E-state index in [-0.39, 0.29) is 23.0 Å². The number of carboxylic acids is 1. The lowest BCUT2D eigenvalue weighted by atomic mass is 10.1. The van der Waals surface area contributed by atoms with Crippen molar-refractivity contribution in [3.8, 4) is 11.5 Å². The number of hydrogen-bond acceptors (Lipinski definition) is 6. The first kappa shape index (κ1) is 19.9. The molecule has 2 aromatic carbocycles. The molecule has 0 saturated carbocycles. The van der Waals surface area contributed by atoms with E-state index in [2.05, 4.69) is 0 Å². The summed E-state index contributed by atoms with van der Waals surface area (Å²) in [5, 5.41) is 21.0. The fourth-order valence-corrected chi connectivity index (χ4v) is 3.98. The maximum Gasteiger partial charge on any atom is 0.335 e. The lowest BCUT2D eigenvalue weighted by Crippen LogP contribution is -2.28. The maximum absolute atomic E-state index is 12.9. The van der Waals surface area contributed by atoms with Crippen LogP contribution in [-0.4, -0.2) is 27.9 Å². The monoisotopic (exact) mass is 414 g/mol. The van der Waals surface area contributed by atoms with Gasteiger partial charge in [-0.05, 0) is 49.2 Å². The summed E-state index contributed by atoms with van der Waals surface area (Å²) in [7, 11) is 0. The summed E-state index contributed by atoms with van der Waals surface area (Å²) in [5.74, 6) is -1.43. The molecular weight excluding hydrogens is 398 g/mol. The number of hydrogen-bond donors (Lipinski definition) is 1. The predicted octanol–water partition coefficient (Wildman–Crippen LogP) is 3.57. The molecule has 28 heavy (non-hydrogen) atoms. The zero-order valence-corrected chi connectivity index (χ0v) is 16.7. The Kier molecular flexibility index (Phi) is 5.71. The van der Waals surface area contributed by atoms with E-state index in [4.69, 9.17) is 17.0 Å². The van der Waals surface area contributed by atoms with E-state index >= 15 is 0 Å². The minimum Gasteiger partial charge on any atom is -0.870 e. The average molecular weight is 414 g/mol. The number of aryl methyl sites for hydroxylation is 1. The van der Waals surface area contributed by atoms with E-state index in [1.165, 1.54) is 23.1 Å². The van der Waals surface area contributed by atoms with Crippen molar-refractivity contribution in [3.63, 3.8) is 0 Å². The van der Waals surface area contributed by atoms with Gasteiger partial charge in [-0.1, -0.05) is 47.9 Å². The predicted molar refractivity (Wildman–Crippen MR) is 111 cm³/mol. The fourth-order valence-electron chi connectivity index (χ4n) is 2.69. The Hall–Kier alpha value is -2.84. The molecule has 0 aromatic heterocycles. The highest BCUT2D eigenvalue weighted by Gasteiger charge is 2.34. The molecule has 1 aliphatic heterocycles. The van der Waals surface area contributed by atoms with Gasteiger partial charge in [-0.15, -0.1) is 0 Å². The molecule has 0 aliphatic carbocycles. The number of aromatic carboxylic acids is 1. The van der Waals surface area contributed by atoms with Crippen LogP contribution < -0.4 is 14.7 Å². The lowest BCUT2D eigenvalue weighted by Gasteiger charge is -2.17. The number of thiocarbonyl (C=S) groups is 1. The minimum absolute atomic E-state index is 0.0750. The zero-order valence-electron chi connectivity index (χ0n) is 15.1. The van der Waals surface area contributed by atoms with Crippen LogP contribution >= 0.6 is 24.0 Å². The van der Waals surface area contributed by atoms with Gasteiger partial charge in [-0.3, -0.25) is 9.69 Å². The van der Waals surface area contributed by atoms with Gasteiger partial charge in [0, 0.05) is 0 Å². The molecule has 1 saturated heterocycles. The van der Waals surface area contributed by atoms with Crippen LogP contribution in [0.15, 0.2) is 41.3 Å². The number of nitrogens with zero attached hydrogens (tertiary/aromatic N) is 1. The molecule has 0 radical (unpaired) electrons. The Morgan fingerprint density at radius 2 is 2.07 bits per heavy atom. The van der Waals surface area contributed by atoms with E-state index in [1.807, 2.05) is 0 Å². The number of carbonyl (C=O) groups excluding carboxylic acids is 1. The van der Waals surface area contributed by atoms with Gasteiger partial charge in [-0.2, -0.15) is 0 Å². The Morgan fingerprint density at radius 1 is 1.32 bits per heavy atom. The van der Waals surface area contributed by atoms with Gasteiger partial charge in [0.1, 0.15) is 5.75 Å². The quantitative estimate of drug-likeness (QED) is 0.591. The first-order valence-corrected chi connectivity index (χ1v) is 9.60. The fraction of sp³-hybridized carbons (Fsp3) is 0.150. The molecule has 0 bridgehead atoms. The average Bonchev–Trinajstić information content (AvgIpc) is 2.92. The van der Waals surface area contributed by atoms with Gasteiger partial charge in [0.05, 0.1) is 22.8 Å². The van der Waals surface area contributed by atoms with Gasteiger partial charge >= 0.3 is 5.97 Å². The van der Waals surface area contributed by atoms with Crippen molar-refractivity contribution in [2.75, 3.05) is 11.5 Å². The van der Waals surface area contributed by atoms with Crippen LogP contribution in [0.2, 0.25) is 0 Å². The maximum atomic E-state index is 12.9. The molecule has 8 heteroatoms. The molecule has 0 spiro atoms. The second kappa shape index (κ2) is 8.04. The number of benzene rings is 2. The van der Waals surface area contributed by atoms with Crippen molar-refractivity contribution in [2.45, 2.75) is 13.8 Å². The van der Waals surface area contributed by atoms with E-state index in [0.717, 1.165) is 17.3 Å². The third-order valence-corrected chi connectivity index (χ3v) is 5.36. The van der Waals surface area contributed by atoms with Crippen molar-refractivity contribution in [3.05, 3.63) is 58.0 Å². The number of thioether (sulfide) groups is 1. The summed E-state index contributed by atoms with van der Waals surface area (Å²) in [6.45, 7) is 3.93. The van der Waals surface area contributed by atoms with E-state index in [9.17, 15) is 19.8 Å². The summed E-state index contributed by atoms with van der Waals surface area (Å²) in [6.07, 6.45) is 1.64. The van der Waals surface area contributed by atoms with Gasteiger partial charge in [0.25, 0.3) is 5.91 Å². The Labute approximate surface area is 171 Å². The minimum atomic E-state index is -1.08. The highest BCUT2D eigenvalue weighted by molar-refractivity contribution is 8.27. The van der Waals surface area contributed by atoms with Crippen molar-refractivity contribution in [2.24, 2.45) is 0 Å². The summed E-state index contributed by atoms with van der Waals surface area (Å²) >= 11 is 6.48. The van der Waals surface area contributed by atoms with E-state index in [1.54, 1.807) is 38.1 Å². The molecule has 1 heterocycles. The number of carboxylic acid groups (broad SMARTS) is 1. The van der Waals surface area contributed by atoms with Gasteiger partial charge < -0.3 is 14.9 Å². The molecule has 1 aliphatic rings. The molecule has 1 fully saturated rings. The van der Waals surface area contributed by atoms with Gasteiger partial charge in [-0.25, -0.2) is 4.79 Å². The van der Waals surface area contributed by atoms with E-state index < -0.39 is 5.97 Å². The summed E-state index contributed by atoms with van der Waals surface area (Å²) < 4.78 is 5.62. The smallest absolute Gasteiger partial charge is 0.335 e. The first-order chi connectivity index (χ1) is 13.3. The van der Waals surface area contributed by atoms with E-state index in [0.29, 0.717) is 27.1 Å². The van der Waals surface area contributed by atoms with Crippen LogP contribution in [0.1, 0.15) is 28.4 Å². The normalized spacial score (nSPS) is 15.4. The third kappa shape index (κ3) is 3.88. The highest BCUT2D eigenvalue weighted by atomic mass is 32.2. The molecule has 0 unspecified atom stereocenters. The van der Waals surface area contributed by atoms with Gasteiger partial charge in [0.15, 0.2) is 4.32 Å². The SMILES string of the molecule is CCOc1cc(/C=C2\SC(=S)N(c3cc(C(=O)O)ccc3C)C2=O)ccc1[O-]. The van der Waals surface area contributed by atoms with Crippen LogP contribution in [0.25, 0.3) is 6.08 Å². The molecule has 6 nitrogen and oxygen atoms in total. The molecule has 1 N–H and O–H groups in total. The van der Waals surface area contributed by atoms with Crippen LogP contribution in [0.3, 0.4) is 0 Å². The van der Waals surface area contributed by atoms with Crippen LogP contribution in [-0.2, 0) is 4.79 Å².